The standard InChI is InChI=1S/C12H12F3N3O2/c13-12(14,15)18-6-5-17(10(18)19)9-7-16-4-1-8(9)11(20)2-3-11/h1,4,7,20H,2-3,5-6H2. The second kappa shape index (κ2) is 4.08. The van der Waals surface area contributed by atoms with Crippen molar-refractivity contribution in [3.8, 4) is 0 Å². The number of hydrogen-bond acceptors (Lipinski definition) is 3. The highest BCUT2D eigenvalue weighted by Crippen LogP contribution is 2.49. The minimum Gasteiger partial charge on any atom is -0.385 e. The van der Waals surface area contributed by atoms with E-state index in [0.29, 0.717) is 18.4 Å². The normalized spacial score (nSPS) is 21.5. The van der Waals surface area contributed by atoms with Crippen molar-refractivity contribution in [1.82, 2.24) is 9.88 Å². The first-order valence-corrected chi connectivity index (χ1v) is 6.16. The van der Waals surface area contributed by atoms with Crippen molar-refractivity contribution < 1.29 is 23.1 Å². The molecule has 2 amide bonds. The Morgan fingerprint density at radius 2 is 2.00 bits per heavy atom. The molecular weight excluding hydrogens is 275 g/mol. The third kappa shape index (κ3) is 2.00. The molecule has 1 N–H and O–H groups in total. The van der Waals surface area contributed by atoms with Crippen molar-refractivity contribution in [1.29, 1.82) is 0 Å². The number of aliphatic hydroxyl groups is 1. The number of aromatic nitrogens is 1. The quantitative estimate of drug-likeness (QED) is 0.844. The van der Waals surface area contributed by atoms with Crippen LogP contribution in [-0.4, -0.2) is 40.4 Å². The molecule has 8 heteroatoms. The second-order valence-electron chi connectivity index (χ2n) is 4.98. The SMILES string of the molecule is O=C1N(c2cnccc2C2(O)CC2)CCN1C(F)(F)F. The van der Waals surface area contributed by atoms with Gasteiger partial charge in [-0.05, 0) is 18.9 Å². The molecular formula is C12H12F3N3O2. The molecule has 3 rings (SSSR count). The van der Waals surface area contributed by atoms with E-state index in [1.807, 2.05) is 0 Å². The van der Waals surface area contributed by atoms with E-state index in [4.69, 9.17) is 0 Å². The van der Waals surface area contributed by atoms with Gasteiger partial charge in [0.25, 0.3) is 0 Å². The van der Waals surface area contributed by atoms with Crippen LogP contribution >= 0.6 is 0 Å². The number of anilines is 1. The van der Waals surface area contributed by atoms with Crippen LogP contribution in [0.25, 0.3) is 0 Å². The third-order valence-electron chi connectivity index (χ3n) is 3.63. The minimum absolute atomic E-state index is 0.0763. The number of carbonyl (C=O) groups excluding carboxylic acids is 1. The molecule has 2 aliphatic rings. The summed E-state index contributed by atoms with van der Waals surface area (Å²) in [6.45, 7) is -0.498. The molecule has 1 aromatic rings. The van der Waals surface area contributed by atoms with E-state index in [1.165, 1.54) is 12.4 Å². The Kier molecular flexibility index (Phi) is 2.69. The van der Waals surface area contributed by atoms with Crippen LogP contribution in [0.2, 0.25) is 0 Å². The monoisotopic (exact) mass is 287 g/mol. The van der Waals surface area contributed by atoms with E-state index < -0.39 is 24.5 Å². The summed E-state index contributed by atoms with van der Waals surface area (Å²) in [4.78, 5) is 16.6. The van der Waals surface area contributed by atoms with Crippen LogP contribution in [0.4, 0.5) is 23.7 Å². The molecule has 0 bridgehead atoms. The summed E-state index contributed by atoms with van der Waals surface area (Å²) in [7, 11) is 0. The minimum atomic E-state index is -4.69. The van der Waals surface area contributed by atoms with Crippen LogP contribution in [0.1, 0.15) is 18.4 Å². The van der Waals surface area contributed by atoms with Gasteiger partial charge in [0.2, 0.25) is 0 Å². The average molecular weight is 287 g/mol. The number of hydrogen-bond donors (Lipinski definition) is 1. The van der Waals surface area contributed by atoms with Gasteiger partial charge >= 0.3 is 12.3 Å². The lowest BCUT2D eigenvalue weighted by atomic mass is 10.1. The Labute approximate surface area is 112 Å². The van der Waals surface area contributed by atoms with Gasteiger partial charge in [-0.15, -0.1) is 13.2 Å². The van der Waals surface area contributed by atoms with Crippen molar-refractivity contribution in [2.24, 2.45) is 0 Å². The molecule has 1 aliphatic heterocycles. The number of rotatable bonds is 2. The predicted molar refractivity (Wildman–Crippen MR) is 62.9 cm³/mol. The zero-order chi connectivity index (χ0) is 14.5. The van der Waals surface area contributed by atoms with Gasteiger partial charge in [-0.3, -0.25) is 9.88 Å². The molecule has 1 aromatic heterocycles. The molecule has 1 saturated carbocycles. The topological polar surface area (TPSA) is 56.7 Å². The van der Waals surface area contributed by atoms with Gasteiger partial charge < -0.3 is 5.11 Å². The van der Waals surface area contributed by atoms with Crippen LogP contribution in [0.3, 0.4) is 0 Å². The van der Waals surface area contributed by atoms with Crippen LogP contribution < -0.4 is 4.90 Å². The number of amides is 2. The lowest BCUT2D eigenvalue weighted by Crippen LogP contribution is -2.41. The van der Waals surface area contributed by atoms with E-state index in [9.17, 15) is 23.1 Å². The van der Waals surface area contributed by atoms with Crippen molar-refractivity contribution >= 4 is 11.7 Å². The highest BCUT2D eigenvalue weighted by atomic mass is 19.4. The molecule has 1 aliphatic carbocycles. The van der Waals surface area contributed by atoms with Gasteiger partial charge in [0.1, 0.15) is 0 Å². The largest absolute Gasteiger partial charge is 0.488 e. The predicted octanol–water partition coefficient (Wildman–Crippen LogP) is 1.82. The third-order valence-corrected chi connectivity index (χ3v) is 3.63. The summed E-state index contributed by atoms with van der Waals surface area (Å²) in [6, 6.07) is 0.419. The smallest absolute Gasteiger partial charge is 0.385 e. The van der Waals surface area contributed by atoms with Crippen molar-refractivity contribution in [2.75, 3.05) is 18.0 Å². The fourth-order valence-electron chi connectivity index (χ4n) is 2.38. The van der Waals surface area contributed by atoms with Crippen molar-refractivity contribution in [3.63, 3.8) is 0 Å². The molecule has 2 fully saturated rings. The Bertz CT molecular complexity index is 557. The molecule has 2 heterocycles. The number of halogens is 3. The molecule has 20 heavy (non-hydrogen) atoms. The molecule has 1 saturated heterocycles. The molecule has 108 valence electrons. The first-order valence-electron chi connectivity index (χ1n) is 6.16. The zero-order valence-electron chi connectivity index (χ0n) is 10.4. The number of pyridine rings is 1. The van der Waals surface area contributed by atoms with Gasteiger partial charge in [-0.2, -0.15) is 0 Å². The van der Waals surface area contributed by atoms with Gasteiger partial charge in [0, 0.05) is 24.8 Å². The van der Waals surface area contributed by atoms with E-state index in [0.717, 1.165) is 4.90 Å². The van der Waals surface area contributed by atoms with Crippen molar-refractivity contribution in [3.05, 3.63) is 24.0 Å². The highest BCUT2D eigenvalue weighted by Gasteiger charge is 2.49. The molecule has 0 spiro atoms. The molecule has 0 aromatic carbocycles. The first kappa shape index (κ1) is 13.2. The molecule has 0 atom stereocenters. The van der Waals surface area contributed by atoms with Crippen LogP contribution in [0, 0.1) is 0 Å². The number of nitrogens with zero attached hydrogens (tertiary/aromatic N) is 3. The Morgan fingerprint density at radius 1 is 1.30 bits per heavy atom. The van der Waals surface area contributed by atoms with Crippen LogP contribution in [0.5, 0.6) is 0 Å². The number of urea groups is 1. The summed E-state index contributed by atoms with van der Waals surface area (Å²) < 4.78 is 38.0. The Morgan fingerprint density at radius 3 is 2.55 bits per heavy atom. The Hall–Kier alpha value is -1.83. The number of alkyl halides is 3. The average Bonchev–Trinajstić information content (AvgIpc) is 2.99. The fourth-order valence-corrected chi connectivity index (χ4v) is 2.38. The van der Waals surface area contributed by atoms with Gasteiger partial charge in [-0.25, -0.2) is 9.69 Å². The van der Waals surface area contributed by atoms with E-state index >= 15 is 0 Å². The summed E-state index contributed by atoms with van der Waals surface area (Å²) in [6.07, 6.45) is -0.838. The maximum Gasteiger partial charge on any atom is 0.488 e. The van der Waals surface area contributed by atoms with Gasteiger partial charge in [0.15, 0.2) is 0 Å². The first-order chi connectivity index (χ1) is 9.33. The fraction of sp³-hybridized carbons (Fsp3) is 0.500. The summed E-state index contributed by atoms with van der Waals surface area (Å²) in [5, 5.41) is 10.2. The summed E-state index contributed by atoms with van der Waals surface area (Å²) in [5.74, 6) is 0. The number of carbonyl (C=O) groups is 1. The highest BCUT2D eigenvalue weighted by molar-refractivity contribution is 5.95. The van der Waals surface area contributed by atoms with Crippen LogP contribution in [-0.2, 0) is 5.60 Å². The molecule has 0 radical (unpaired) electrons. The van der Waals surface area contributed by atoms with Crippen LogP contribution in [0.15, 0.2) is 18.5 Å². The Balaban J connectivity index is 1.94. The summed E-state index contributed by atoms with van der Waals surface area (Å²) >= 11 is 0. The lowest BCUT2D eigenvalue weighted by molar-refractivity contribution is -0.218. The lowest BCUT2D eigenvalue weighted by Gasteiger charge is -2.23. The second-order valence-corrected chi connectivity index (χ2v) is 4.98. The van der Waals surface area contributed by atoms with E-state index in [2.05, 4.69) is 4.98 Å². The van der Waals surface area contributed by atoms with E-state index in [1.54, 1.807) is 6.07 Å². The van der Waals surface area contributed by atoms with E-state index in [-0.39, 0.29) is 17.1 Å². The van der Waals surface area contributed by atoms with Crippen molar-refractivity contribution in [2.45, 2.75) is 24.7 Å². The van der Waals surface area contributed by atoms with Gasteiger partial charge in [-0.1, -0.05) is 0 Å². The maximum absolute atomic E-state index is 12.7. The molecule has 5 nitrogen and oxygen atoms in total. The molecule has 0 unspecified atom stereocenters. The summed E-state index contributed by atoms with van der Waals surface area (Å²) in [5.41, 5.74) is -0.321. The maximum atomic E-state index is 12.7. The van der Waals surface area contributed by atoms with Gasteiger partial charge in [0.05, 0.1) is 17.5 Å². The zero-order valence-corrected chi connectivity index (χ0v) is 10.4.